The van der Waals surface area contributed by atoms with Gasteiger partial charge in [-0.3, -0.25) is 4.79 Å². The largest absolute Gasteiger partial charge is 0.363 e. The molecule has 1 saturated heterocycles. The molecule has 2 aromatic heterocycles. The van der Waals surface area contributed by atoms with E-state index in [1.54, 1.807) is 29.2 Å². The van der Waals surface area contributed by atoms with E-state index in [-0.39, 0.29) is 18.1 Å². The van der Waals surface area contributed by atoms with Crippen LogP contribution in [0.15, 0.2) is 36.8 Å². The van der Waals surface area contributed by atoms with Gasteiger partial charge in [-0.25, -0.2) is 9.67 Å². The lowest BCUT2D eigenvalue weighted by Crippen LogP contribution is -2.59. The van der Waals surface area contributed by atoms with Gasteiger partial charge in [-0.1, -0.05) is 0 Å². The third-order valence-electron chi connectivity index (χ3n) is 3.32. The molecule has 0 spiro atoms. The third kappa shape index (κ3) is 3.26. The van der Waals surface area contributed by atoms with Crippen molar-refractivity contribution < 1.29 is 9.53 Å². The van der Waals surface area contributed by atoms with Crippen LogP contribution in [0.1, 0.15) is 6.92 Å². The average Bonchev–Trinajstić information content (AvgIpc) is 2.98. The van der Waals surface area contributed by atoms with Gasteiger partial charge in [0.05, 0.1) is 17.5 Å². The quantitative estimate of drug-likeness (QED) is 0.841. The van der Waals surface area contributed by atoms with Crippen molar-refractivity contribution in [1.29, 1.82) is 0 Å². The summed E-state index contributed by atoms with van der Waals surface area (Å²) in [6.45, 7) is 3.58. The van der Waals surface area contributed by atoms with Gasteiger partial charge in [0.1, 0.15) is 6.61 Å². The van der Waals surface area contributed by atoms with Gasteiger partial charge < -0.3 is 15.4 Å². The van der Waals surface area contributed by atoms with Crippen LogP contribution in [0.2, 0.25) is 0 Å². The fourth-order valence-electron chi connectivity index (χ4n) is 2.02. The minimum atomic E-state index is -0.223. The standard InChI is InChI=1S/C14H17N5O2/c1-14(9-15-10-14)21-8-13(20)18-11-3-4-12(16-7-11)19-6-2-5-17-19/h2-7,15H,8-10H2,1H3,(H,18,20). The Morgan fingerprint density at radius 3 is 2.95 bits per heavy atom. The zero-order valence-corrected chi connectivity index (χ0v) is 11.7. The number of hydrogen-bond acceptors (Lipinski definition) is 5. The Morgan fingerprint density at radius 1 is 1.52 bits per heavy atom. The molecule has 1 amide bonds. The molecule has 1 aliphatic heterocycles. The summed E-state index contributed by atoms with van der Waals surface area (Å²) in [5.74, 6) is 0.513. The van der Waals surface area contributed by atoms with Crippen molar-refractivity contribution in [2.75, 3.05) is 25.0 Å². The zero-order chi connectivity index (χ0) is 14.7. The smallest absolute Gasteiger partial charge is 0.250 e. The van der Waals surface area contributed by atoms with Crippen LogP contribution in [0, 0.1) is 0 Å². The van der Waals surface area contributed by atoms with Crippen LogP contribution in [0.3, 0.4) is 0 Å². The first-order valence-electron chi connectivity index (χ1n) is 6.75. The summed E-state index contributed by atoms with van der Waals surface area (Å²) in [5, 5.41) is 9.97. The van der Waals surface area contributed by atoms with Crippen molar-refractivity contribution in [3.05, 3.63) is 36.8 Å². The van der Waals surface area contributed by atoms with Gasteiger partial charge in [0.15, 0.2) is 5.82 Å². The Hall–Kier alpha value is -2.25. The summed E-state index contributed by atoms with van der Waals surface area (Å²) in [6, 6.07) is 5.40. The fraction of sp³-hybridized carbons (Fsp3) is 0.357. The minimum Gasteiger partial charge on any atom is -0.363 e. The summed E-state index contributed by atoms with van der Waals surface area (Å²) in [4.78, 5) is 16.1. The van der Waals surface area contributed by atoms with Crippen LogP contribution in [-0.2, 0) is 9.53 Å². The number of carbonyl (C=O) groups excluding carboxylic acids is 1. The number of rotatable bonds is 5. The van der Waals surface area contributed by atoms with Crippen LogP contribution < -0.4 is 10.6 Å². The molecule has 1 fully saturated rings. The summed E-state index contributed by atoms with van der Waals surface area (Å²) in [7, 11) is 0. The molecule has 2 N–H and O–H groups in total. The van der Waals surface area contributed by atoms with E-state index in [2.05, 4.69) is 20.7 Å². The highest BCUT2D eigenvalue weighted by molar-refractivity contribution is 5.91. The number of nitrogens with one attached hydrogen (secondary N) is 2. The highest BCUT2D eigenvalue weighted by atomic mass is 16.5. The van der Waals surface area contributed by atoms with E-state index in [1.165, 1.54) is 0 Å². The van der Waals surface area contributed by atoms with Crippen molar-refractivity contribution in [2.24, 2.45) is 0 Å². The number of carbonyl (C=O) groups is 1. The van der Waals surface area contributed by atoms with Gasteiger partial charge in [0, 0.05) is 25.5 Å². The monoisotopic (exact) mass is 287 g/mol. The first-order valence-corrected chi connectivity index (χ1v) is 6.75. The average molecular weight is 287 g/mol. The number of anilines is 1. The zero-order valence-electron chi connectivity index (χ0n) is 11.7. The SMILES string of the molecule is CC1(OCC(=O)Nc2ccc(-n3cccn3)nc2)CNC1. The molecule has 3 heterocycles. The van der Waals surface area contributed by atoms with E-state index in [0.29, 0.717) is 11.5 Å². The molecule has 0 saturated carbocycles. The van der Waals surface area contributed by atoms with E-state index in [4.69, 9.17) is 4.74 Å². The number of ether oxygens (including phenoxy) is 1. The lowest BCUT2D eigenvalue weighted by atomic mass is 10.0. The Kier molecular flexibility index (Phi) is 3.68. The Morgan fingerprint density at radius 2 is 2.38 bits per heavy atom. The summed E-state index contributed by atoms with van der Waals surface area (Å²) < 4.78 is 7.22. The van der Waals surface area contributed by atoms with Crippen LogP contribution >= 0.6 is 0 Å². The van der Waals surface area contributed by atoms with Crippen LogP contribution in [-0.4, -0.2) is 46.0 Å². The van der Waals surface area contributed by atoms with E-state index in [9.17, 15) is 4.79 Å². The fourth-order valence-corrected chi connectivity index (χ4v) is 2.02. The summed E-state index contributed by atoms with van der Waals surface area (Å²) in [5.41, 5.74) is 0.413. The molecule has 7 heteroatoms. The molecule has 0 atom stereocenters. The second kappa shape index (κ2) is 5.63. The molecule has 21 heavy (non-hydrogen) atoms. The molecular formula is C14H17N5O2. The van der Waals surface area contributed by atoms with E-state index >= 15 is 0 Å². The molecule has 2 aromatic rings. The number of hydrogen-bond donors (Lipinski definition) is 2. The maximum Gasteiger partial charge on any atom is 0.250 e. The highest BCUT2D eigenvalue weighted by Crippen LogP contribution is 2.15. The predicted octanol–water partition coefficient (Wildman–Crippen LogP) is 0.584. The number of pyridine rings is 1. The molecule has 0 bridgehead atoms. The van der Waals surface area contributed by atoms with Gasteiger partial charge in [0.2, 0.25) is 5.91 Å². The van der Waals surface area contributed by atoms with Crippen molar-refractivity contribution in [2.45, 2.75) is 12.5 Å². The minimum absolute atomic E-state index is 0.0408. The van der Waals surface area contributed by atoms with Crippen molar-refractivity contribution in [3.8, 4) is 5.82 Å². The van der Waals surface area contributed by atoms with Gasteiger partial charge in [0.25, 0.3) is 0 Å². The molecule has 3 rings (SSSR count). The van der Waals surface area contributed by atoms with E-state index in [1.807, 2.05) is 19.2 Å². The number of aromatic nitrogens is 3. The first-order chi connectivity index (χ1) is 10.1. The van der Waals surface area contributed by atoms with Crippen LogP contribution in [0.5, 0.6) is 0 Å². The van der Waals surface area contributed by atoms with Crippen molar-refractivity contribution >= 4 is 11.6 Å². The molecule has 0 aromatic carbocycles. The van der Waals surface area contributed by atoms with Gasteiger partial charge in [-0.05, 0) is 25.1 Å². The molecule has 0 radical (unpaired) electrons. The lowest BCUT2D eigenvalue weighted by Gasteiger charge is -2.38. The summed E-state index contributed by atoms with van der Waals surface area (Å²) in [6.07, 6.45) is 5.09. The normalized spacial score (nSPS) is 16.2. The maximum atomic E-state index is 11.8. The first kappa shape index (κ1) is 13.7. The van der Waals surface area contributed by atoms with E-state index in [0.717, 1.165) is 13.1 Å². The highest BCUT2D eigenvalue weighted by Gasteiger charge is 2.32. The Bertz CT molecular complexity index is 605. The predicted molar refractivity (Wildman–Crippen MR) is 77.2 cm³/mol. The van der Waals surface area contributed by atoms with Crippen molar-refractivity contribution in [1.82, 2.24) is 20.1 Å². The van der Waals surface area contributed by atoms with Gasteiger partial charge in [-0.15, -0.1) is 0 Å². The molecule has 1 aliphatic rings. The molecule has 0 unspecified atom stereocenters. The van der Waals surface area contributed by atoms with Crippen LogP contribution in [0.25, 0.3) is 5.82 Å². The molecule has 0 aliphatic carbocycles. The second-order valence-corrected chi connectivity index (χ2v) is 5.25. The summed E-state index contributed by atoms with van der Waals surface area (Å²) >= 11 is 0. The van der Waals surface area contributed by atoms with Gasteiger partial charge >= 0.3 is 0 Å². The van der Waals surface area contributed by atoms with Crippen molar-refractivity contribution in [3.63, 3.8) is 0 Å². The van der Waals surface area contributed by atoms with E-state index < -0.39 is 0 Å². The number of nitrogens with zero attached hydrogens (tertiary/aromatic N) is 3. The topological polar surface area (TPSA) is 81.1 Å². The maximum absolute atomic E-state index is 11.8. The lowest BCUT2D eigenvalue weighted by molar-refractivity contribution is -0.130. The molecular weight excluding hydrogens is 270 g/mol. The van der Waals surface area contributed by atoms with Crippen LogP contribution in [0.4, 0.5) is 5.69 Å². The Labute approximate surface area is 122 Å². The third-order valence-corrected chi connectivity index (χ3v) is 3.32. The second-order valence-electron chi connectivity index (χ2n) is 5.25. The number of amides is 1. The van der Waals surface area contributed by atoms with Gasteiger partial charge in [-0.2, -0.15) is 5.10 Å². The molecule has 7 nitrogen and oxygen atoms in total. The molecule has 110 valence electrons. The Balaban J connectivity index is 1.54.